The number of H-pyrrole nitrogens is 1. The van der Waals surface area contributed by atoms with E-state index in [0.29, 0.717) is 35.1 Å². The van der Waals surface area contributed by atoms with Crippen LogP contribution in [-0.4, -0.2) is 40.9 Å². The number of fused-ring (bicyclic) bond motifs is 3. The zero-order valence-corrected chi connectivity index (χ0v) is 16.6. The van der Waals surface area contributed by atoms with Gasteiger partial charge in [-0.2, -0.15) is 0 Å². The van der Waals surface area contributed by atoms with Crippen LogP contribution in [0.5, 0.6) is 0 Å². The van der Waals surface area contributed by atoms with E-state index < -0.39 is 0 Å². The summed E-state index contributed by atoms with van der Waals surface area (Å²) in [5.41, 5.74) is 4.72. The Kier molecular flexibility index (Phi) is 4.90. The average molecular weight is 390 g/mol. The number of ether oxygens (including phenoxy) is 1. The summed E-state index contributed by atoms with van der Waals surface area (Å²) in [6.07, 6.45) is 1.58. The quantitative estimate of drug-likeness (QED) is 0.513. The van der Waals surface area contributed by atoms with Crippen LogP contribution in [0.4, 0.5) is 0 Å². The molecule has 2 aromatic heterocycles. The molecule has 0 unspecified atom stereocenters. The molecule has 0 aliphatic rings. The number of aromatic amines is 1. The second-order valence-corrected chi connectivity index (χ2v) is 7.05. The lowest BCUT2D eigenvalue weighted by Gasteiger charge is -2.06. The molecule has 2 heterocycles. The highest BCUT2D eigenvalue weighted by atomic mass is 16.5. The largest absolute Gasteiger partial charge is 0.383 e. The molecule has 0 saturated heterocycles. The molecule has 4 aromatic rings. The van der Waals surface area contributed by atoms with Gasteiger partial charge in [-0.3, -0.25) is 19.7 Å². The molecule has 2 aromatic carbocycles. The van der Waals surface area contributed by atoms with Crippen molar-refractivity contribution in [1.29, 1.82) is 0 Å². The Bertz CT molecular complexity index is 1290. The molecule has 0 radical (unpaired) electrons. The molecule has 0 fully saturated rings. The third-order valence-electron chi connectivity index (χ3n) is 5.13. The highest BCUT2D eigenvalue weighted by molar-refractivity contribution is 6.06. The van der Waals surface area contributed by atoms with Crippen LogP contribution in [0.25, 0.3) is 27.5 Å². The number of carbonyl (C=O) groups excluding carboxylic acids is 1. The SMILES string of the molecule is COCCNC(=O)c1ccc2ncc3c(=O)n(-c4ccc(C)c(C)c4)[nH]c3c2c1. The summed E-state index contributed by atoms with van der Waals surface area (Å²) < 4.78 is 6.48. The number of carbonyl (C=O) groups is 1. The van der Waals surface area contributed by atoms with E-state index in [4.69, 9.17) is 4.74 Å². The maximum Gasteiger partial charge on any atom is 0.280 e. The summed E-state index contributed by atoms with van der Waals surface area (Å²) in [6, 6.07) is 11.1. The zero-order valence-electron chi connectivity index (χ0n) is 16.6. The number of aryl methyl sites for hydroxylation is 2. The Morgan fingerprint density at radius 2 is 1.97 bits per heavy atom. The zero-order chi connectivity index (χ0) is 20.5. The molecule has 29 heavy (non-hydrogen) atoms. The Labute approximate surface area is 167 Å². The summed E-state index contributed by atoms with van der Waals surface area (Å²) in [6.45, 7) is 4.91. The van der Waals surface area contributed by atoms with Gasteiger partial charge in [0.2, 0.25) is 0 Å². The number of pyridine rings is 1. The minimum atomic E-state index is -0.197. The number of hydrogen-bond donors (Lipinski definition) is 2. The molecule has 0 spiro atoms. The van der Waals surface area contributed by atoms with Gasteiger partial charge in [0.05, 0.1) is 28.7 Å². The van der Waals surface area contributed by atoms with E-state index in [1.165, 1.54) is 4.68 Å². The smallest absolute Gasteiger partial charge is 0.280 e. The summed E-state index contributed by atoms with van der Waals surface area (Å²) in [4.78, 5) is 29.8. The lowest BCUT2D eigenvalue weighted by Crippen LogP contribution is -2.26. The van der Waals surface area contributed by atoms with E-state index in [1.807, 2.05) is 32.0 Å². The van der Waals surface area contributed by atoms with Crippen LogP contribution >= 0.6 is 0 Å². The van der Waals surface area contributed by atoms with Gasteiger partial charge in [-0.25, -0.2) is 4.68 Å². The monoisotopic (exact) mass is 390 g/mol. The summed E-state index contributed by atoms with van der Waals surface area (Å²) in [7, 11) is 1.58. The fraction of sp³-hybridized carbons (Fsp3) is 0.227. The molecule has 4 rings (SSSR count). The Balaban J connectivity index is 1.84. The normalized spacial score (nSPS) is 11.3. The van der Waals surface area contributed by atoms with Crippen LogP contribution in [0, 0.1) is 13.8 Å². The Morgan fingerprint density at radius 3 is 2.72 bits per heavy atom. The van der Waals surface area contributed by atoms with Crippen molar-refractivity contribution in [3.8, 4) is 5.69 Å². The van der Waals surface area contributed by atoms with Crippen LogP contribution in [0.1, 0.15) is 21.5 Å². The minimum Gasteiger partial charge on any atom is -0.383 e. The molecular weight excluding hydrogens is 368 g/mol. The number of nitrogens with zero attached hydrogens (tertiary/aromatic N) is 2. The molecule has 148 valence electrons. The summed E-state index contributed by atoms with van der Waals surface area (Å²) in [5.74, 6) is -0.197. The van der Waals surface area contributed by atoms with Crippen LogP contribution in [0.2, 0.25) is 0 Å². The predicted octanol–water partition coefficient (Wildman–Crippen LogP) is 2.86. The first-order valence-corrected chi connectivity index (χ1v) is 9.38. The number of benzene rings is 2. The van der Waals surface area contributed by atoms with Crippen molar-refractivity contribution in [2.75, 3.05) is 20.3 Å². The Hall–Kier alpha value is -3.45. The standard InChI is InChI=1S/C22H22N4O3/c1-13-4-6-16(10-14(13)2)26-22(28)18-12-24-19-7-5-15(11-17(19)20(18)25-26)21(27)23-8-9-29-3/h4-7,10-12,25H,8-9H2,1-3H3,(H,23,27). The summed E-state index contributed by atoms with van der Waals surface area (Å²) in [5, 5.41) is 7.21. The number of methoxy groups -OCH3 is 1. The van der Waals surface area contributed by atoms with Crippen LogP contribution in [0.3, 0.4) is 0 Å². The third kappa shape index (κ3) is 3.40. The molecular formula is C22H22N4O3. The van der Waals surface area contributed by atoms with Gasteiger partial charge in [0.15, 0.2) is 0 Å². The number of rotatable bonds is 5. The fourth-order valence-corrected chi connectivity index (χ4v) is 3.31. The lowest BCUT2D eigenvalue weighted by molar-refractivity contribution is 0.0937. The van der Waals surface area contributed by atoms with Crippen molar-refractivity contribution in [2.45, 2.75) is 13.8 Å². The highest BCUT2D eigenvalue weighted by Gasteiger charge is 2.14. The van der Waals surface area contributed by atoms with Gasteiger partial charge in [0, 0.05) is 30.8 Å². The molecule has 2 N–H and O–H groups in total. The lowest BCUT2D eigenvalue weighted by atomic mass is 10.1. The number of hydrogen-bond acceptors (Lipinski definition) is 4. The maximum atomic E-state index is 13.0. The molecule has 0 aliphatic carbocycles. The van der Waals surface area contributed by atoms with Crippen LogP contribution < -0.4 is 10.9 Å². The first kappa shape index (κ1) is 18.9. The van der Waals surface area contributed by atoms with Crippen molar-refractivity contribution >= 4 is 27.7 Å². The molecule has 0 atom stereocenters. The minimum absolute atomic E-state index is 0.174. The van der Waals surface area contributed by atoms with Crippen molar-refractivity contribution in [3.63, 3.8) is 0 Å². The molecule has 7 nitrogen and oxygen atoms in total. The molecule has 1 amide bonds. The van der Waals surface area contributed by atoms with Gasteiger partial charge in [-0.15, -0.1) is 0 Å². The van der Waals surface area contributed by atoms with Crippen molar-refractivity contribution in [3.05, 3.63) is 69.6 Å². The van der Waals surface area contributed by atoms with Gasteiger partial charge in [-0.05, 0) is 55.3 Å². The first-order valence-electron chi connectivity index (χ1n) is 9.38. The van der Waals surface area contributed by atoms with Gasteiger partial charge >= 0.3 is 0 Å². The topological polar surface area (TPSA) is 89.0 Å². The second kappa shape index (κ2) is 7.52. The van der Waals surface area contributed by atoms with Crippen LogP contribution in [0.15, 0.2) is 47.4 Å². The fourth-order valence-electron chi connectivity index (χ4n) is 3.31. The van der Waals surface area contributed by atoms with Gasteiger partial charge in [-0.1, -0.05) is 6.07 Å². The molecule has 0 saturated carbocycles. The summed E-state index contributed by atoms with van der Waals surface area (Å²) >= 11 is 0. The third-order valence-corrected chi connectivity index (χ3v) is 5.13. The van der Waals surface area contributed by atoms with E-state index in [-0.39, 0.29) is 11.5 Å². The van der Waals surface area contributed by atoms with Gasteiger partial charge in [0.25, 0.3) is 11.5 Å². The van der Waals surface area contributed by atoms with E-state index in [9.17, 15) is 9.59 Å². The van der Waals surface area contributed by atoms with Crippen molar-refractivity contribution in [2.24, 2.45) is 0 Å². The van der Waals surface area contributed by atoms with Crippen LogP contribution in [-0.2, 0) is 4.74 Å². The number of amides is 1. The number of aromatic nitrogens is 3. The molecule has 0 aliphatic heterocycles. The van der Waals surface area contributed by atoms with Gasteiger partial charge < -0.3 is 10.1 Å². The van der Waals surface area contributed by atoms with Crippen molar-refractivity contribution in [1.82, 2.24) is 20.1 Å². The average Bonchev–Trinajstić information content (AvgIpc) is 3.07. The Morgan fingerprint density at radius 1 is 1.14 bits per heavy atom. The van der Waals surface area contributed by atoms with Gasteiger partial charge in [0.1, 0.15) is 0 Å². The molecule has 0 bridgehead atoms. The predicted molar refractivity (Wildman–Crippen MR) is 113 cm³/mol. The van der Waals surface area contributed by atoms with E-state index in [2.05, 4.69) is 15.4 Å². The van der Waals surface area contributed by atoms with E-state index >= 15 is 0 Å². The first-order chi connectivity index (χ1) is 14.0. The van der Waals surface area contributed by atoms with Crippen molar-refractivity contribution < 1.29 is 9.53 Å². The second-order valence-electron chi connectivity index (χ2n) is 7.05. The maximum absolute atomic E-state index is 13.0. The van der Waals surface area contributed by atoms with E-state index in [1.54, 1.807) is 31.5 Å². The molecule has 7 heteroatoms. The van der Waals surface area contributed by atoms with E-state index in [0.717, 1.165) is 22.2 Å². The number of nitrogens with one attached hydrogen (secondary N) is 2. The highest BCUT2D eigenvalue weighted by Crippen LogP contribution is 2.23.